The first kappa shape index (κ1) is 13.4. The molecular formula is C8H17NO4S. The summed E-state index contributed by atoms with van der Waals surface area (Å²) in [6, 6.07) is 0. The van der Waals surface area contributed by atoms with Crippen LogP contribution in [0.4, 0.5) is 0 Å². The zero-order chi connectivity index (χ0) is 11.4. The highest BCUT2D eigenvalue weighted by Gasteiger charge is 2.20. The minimum atomic E-state index is -3.51. The van der Waals surface area contributed by atoms with Gasteiger partial charge in [-0.05, 0) is 5.92 Å². The van der Waals surface area contributed by atoms with Crippen LogP contribution in [0.2, 0.25) is 0 Å². The maximum absolute atomic E-state index is 10.8. The van der Waals surface area contributed by atoms with E-state index >= 15 is 0 Å². The van der Waals surface area contributed by atoms with Crippen LogP contribution in [0.15, 0.2) is 0 Å². The fourth-order valence-electron chi connectivity index (χ4n) is 0.956. The second-order valence-electron chi connectivity index (χ2n) is 3.64. The first-order valence-corrected chi connectivity index (χ1v) is 6.07. The van der Waals surface area contributed by atoms with Crippen molar-refractivity contribution in [2.45, 2.75) is 20.8 Å². The molecule has 0 aromatic rings. The van der Waals surface area contributed by atoms with Crippen molar-refractivity contribution in [2.75, 3.05) is 12.4 Å². The van der Waals surface area contributed by atoms with Crippen molar-refractivity contribution >= 4 is 16.0 Å². The molecule has 0 amide bonds. The number of hydrogen-bond acceptors (Lipinski definition) is 4. The topological polar surface area (TPSA) is 86.5 Å². The molecule has 0 aromatic heterocycles. The molecule has 5 nitrogen and oxygen atoms in total. The predicted molar refractivity (Wildman–Crippen MR) is 52.9 cm³/mol. The monoisotopic (exact) mass is 223 g/mol. The number of ether oxygens (including phenoxy) is 1. The number of rotatable bonds is 5. The number of nitrogens with two attached hydrogens (primary N) is 1. The van der Waals surface area contributed by atoms with Gasteiger partial charge in [0.2, 0.25) is 10.0 Å². The molecule has 1 atom stereocenters. The first-order valence-electron chi connectivity index (χ1n) is 4.36. The highest BCUT2D eigenvalue weighted by atomic mass is 32.2. The van der Waals surface area contributed by atoms with E-state index in [0.29, 0.717) is 0 Å². The Hall–Kier alpha value is -0.620. The van der Waals surface area contributed by atoms with Crippen LogP contribution in [0.25, 0.3) is 0 Å². The summed E-state index contributed by atoms with van der Waals surface area (Å²) in [5.41, 5.74) is 0. The molecule has 2 N–H and O–H groups in total. The van der Waals surface area contributed by atoms with Crippen molar-refractivity contribution in [3.05, 3.63) is 0 Å². The molecule has 0 rings (SSSR count). The molecule has 0 aliphatic heterocycles. The van der Waals surface area contributed by atoms with Crippen molar-refractivity contribution in [1.82, 2.24) is 0 Å². The molecule has 0 saturated heterocycles. The Morgan fingerprint density at radius 3 is 2.21 bits per heavy atom. The lowest BCUT2D eigenvalue weighted by molar-refractivity contribution is -0.142. The summed E-state index contributed by atoms with van der Waals surface area (Å²) >= 11 is 0. The fourth-order valence-corrected chi connectivity index (χ4v) is 2.03. The molecule has 0 aromatic carbocycles. The Morgan fingerprint density at radius 2 is 1.93 bits per heavy atom. The molecule has 0 spiro atoms. The third-order valence-electron chi connectivity index (χ3n) is 1.89. The average molecular weight is 223 g/mol. The molecule has 0 saturated carbocycles. The van der Waals surface area contributed by atoms with E-state index in [2.05, 4.69) is 0 Å². The average Bonchev–Trinajstić information content (AvgIpc) is 1.94. The van der Waals surface area contributed by atoms with Gasteiger partial charge < -0.3 is 4.74 Å². The molecule has 0 bridgehead atoms. The number of primary sulfonamides is 1. The van der Waals surface area contributed by atoms with Gasteiger partial charge in [-0.2, -0.15) is 0 Å². The first-order chi connectivity index (χ1) is 6.22. The quantitative estimate of drug-likeness (QED) is 0.670. The van der Waals surface area contributed by atoms with Gasteiger partial charge in [-0.1, -0.05) is 13.8 Å². The summed E-state index contributed by atoms with van der Waals surface area (Å²) < 4.78 is 26.4. The lowest BCUT2D eigenvalue weighted by Crippen LogP contribution is -2.29. The Labute approximate surface area is 84.7 Å². The van der Waals surface area contributed by atoms with Gasteiger partial charge >= 0.3 is 5.97 Å². The molecule has 0 aliphatic rings. The molecule has 6 heteroatoms. The van der Waals surface area contributed by atoms with Gasteiger partial charge in [0, 0.05) is 12.8 Å². The third-order valence-corrected chi connectivity index (χ3v) is 2.78. The van der Waals surface area contributed by atoms with Crippen LogP contribution in [-0.2, 0) is 19.6 Å². The van der Waals surface area contributed by atoms with Gasteiger partial charge in [0.15, 0.2) is 0 Å². The summed E-state index contributed by atoms with van der Waals surface area (Å²) in [6.07, 6.45) is 0. The second kappa shape index (κ2) is 5.31. The Bertz CT molecular complexity index is 284. The SMILES string of the molecule is CC(=O)OCC(CS(N)(=O)=O)C(C)C. The molecule has 84 valence electrons. The Morgan fingerprint density at radius 1 is 1.43 bits per heavy atom. The van der Waals surface area contributed by atoms with Gasteiger partial charge in [0.1, 0.15) is 0 Å². The second-order valence-corrected chi connectivity index (χ2v) is 5.30. The van der Waals surface area contributed by atoms with E-state index in [0.717, 1.165) is 0 Å². The van der Waals surface area contributed by atoms with Gasteiger partial charge in [0.05, 0.1) is 12.4 Å². The van der Waals surface area contributed by atoms with Crippen LogP contribution < -0.4 is 5.14 Å². The standard InChI is InChI=1S/C8H17NO4S/c1-6(2)8(4-13-7(3)10)5-14(9,11)12/h6,8H,4-5H2,1-3H3,(H2,9,11,12). The van der Waals surface area contributed by atoms with E-state index in [1.54, 1.807) is 0 Å². The maximum atomic E-state index is 10.8. The summed E-state index contributed by atoms with van der Waals surface area (Å²) in [7, 11) is -3.51. The lowest BCUT2D eigenvalue weighted by Gasteiger charge is -2.18. The highest BCUT2D eigenvalue weighted by molar-refractivity contribution is 7.89. The van der Waals surface area contributed by atoms with Crippen LogP contribution in [0.3, 0.4) is 0 Å². The molecular weight excluding hydrogens is 206 g/mol. The van der Waals surface area contributed by atoms with Crippen molar-refractivity contribution in [3.63, 3.8) is 0 Å². The normalized spacial score (nSPS) is 14.1. The van der Waals surface area contributed by atoms with Crippen LogP contribution in [0.5, 0.6) is 0 Å². The van der Waals surface area contributed by atoms with Gasteiger partial charge in [-0.15, -0.1) is 0 Å². The summed E-state index contributed by atoms with van der Waals surface area (Å²) in [5, 5.41) is 4.91. The number of hydrogen-bond donors (Lipinski definition) is 1. The Balaban J connectivity index is 4.24. The smallest absolute Gasteiger partial charge is 0.302 e. The van der Waals surface area contributed by atoms with Gasteiger partial charge in [-0.3, -0.25) is 4.79 Å². The number of carbonyl (C=O) groups excluding carboxylic acids is 1. The van der Waals surface area contributed by atoms with Gasteiger partial charge in [-0.25, -0.2) is 13.6 Å². The number of carbonyl (C=O) groups is 1. The zero-order valence-corrected chi connectivity index (χ0v) is 9.50. The zero-order valence-electron chi connectivity index (χ0n) is 8.69. The van der Waals surface area contributed by atoms with Crippen molar-refractivity contribution < 1.29 is 17.9 Å². The molecule has 14 heavy (non-hydrogen) atoms. The van der Waals surface area contributed by atoms with E-state index in [-0.39, 0.29) is 24.2 Å². The molecule has 0 radical (unpaired) electrons. The van der Waals surface area contributed by atoms with E-state index in [1.807, 2.05) is 13.8 Å². The third kappa shape index (κ3) is 6.85. The van der Waals surface area contributed by atoms with E-state index in [4.69, 9.17) is 9.88 Å². The van der Waals surface area contributed by atoms with Crippen LogP contribution >= 0.6 is 0 Å². The maximum Gasteiger partial charge on any atom is 0.302 e. The Kier molecular flexibility index (Phi) is 5.07. The lowest BCUT2D eigenvalue weighted by atomic mass is 9.99. The minimum absolute atomic E-state index is 0.101. The van der Waals surface area contributed by atoms with Crippen LogP contribution in [0.1, 0.15) is 20.8 Å². The van der Waals surface area contributed by atoms with Crippen LogP contribution in [-0.4, -0.2) is 26.7 Å². The largest absolute Gasteiger partial charge is 0.466 e. The van der Waals surface area contributed by atoms with Crippen molar-refractivity contribution in [3.8, 4) is 0 Å². The van der Waals surface area contributed by atoms with E-state index < -0.39 is 16.0 Å². The fraction of sp³-hybridized carbons (Fsp3) is 0.875. The van der Waals surface area contributed by atoms with Crippen LogP contribution in [0, 0.1) is 11.8 Å². The van der Waals surface area contributed by atoms with Crippen molar-refractivity contribution in [2.24, 2.45) is 17.0 Å². The summed E-state index contributed by atoms with van der Waals surface area (Å²) in [6.45, 7) is 5.11. The summed E-state index contributed by atoms with van der Waals surface area (Å²) in [4.78, 5) is 10.5. The van der Waals surface area contributed by atoms with E-state index in [1.165, 1.54) is 6.92 Å². The number of esters is 1. The van der Waals surface area contributed by atoms with E-state index in [9.17, 15) is 13.2 Å². The minimum Gasteiger partial charge on any atom is -0.466 e. The van der Waals surface area contributed by atoms with Crippen molar-refractivity contribution in [1.29, 1.82) is 0 Å². The molecule has 0 fully saturated rings. The predicted octanol–water partition coefficient (Wildman–Crippen LogP) is 0.110. The molecule has 1 unspecified atom stereocenters. The highest BCUT2D eigenvalue weighted by Crippen LogP contribution is 2.12. The van der Waals surface area contributed by atoms with Gasteiger partial charge in [0.25, 0.3) is 0 Å². The summed E-state index contributed by atoms with van der Waals surface area (Å²) in [5.74, 6) is -0.704. The molecule has 0 heterocycles. The molecule has 0 aliphatic carbocycles. The number of sulfonamides is 1.